The first-order valence-electron chi connectivity index (χ1n) is 10.4. The topological polar surface area (TPSA) is 57.7 Å². The third-order valence-electron chi connectivity index (χ3n) is 5.71. The molecule has 1 amide bonds. The molecule has 31 heavy (non-hydrogen) atoms. The predicted molar refractivity (Wildman–Crippen MR) is 122 cm³/mol. The molecule has 0 atom stereocenters. The quantitative estimate of drug-likeness (QED) is 0.615. The summed E-state index contributed by atoms with van der Waals surface area (Å²) in [6.07, 6.45) is 1.16. The zero-order chi connectivity index (χ0) is 21.8. The molecule has 3 aromatic carbocycles. The molecule has 5 nitrogen and oxygen atoms in total. The van der Waals surface area contributed by atoms with Crippen molar-refractivity contribution < 1.29 is 13.2 Å². The predicted octanol–water partition coefficient (Wildman–Crippen LogP) is 3.64. The second kappa shape index (κ2) is 9.04. The summed E-state index contributed by atoms with van der Waals surface area (Å²) >= 11 is 0. The van der Waals surface area contributed by atoms with Crippen molar-refractivity contribution >= 4 is 15.7 Å². The van der Waals surface area contributed by atoms with Crippen LogP contribution >= 0.6 is 0 Å². The van der Waals surface area contributed by atoms with Crippen molar-refractivity contribution in [1.29, 1.82) is 0 Å². The minimum Gasteiger partial charge on any atom is -0.336 e. The summed E-state index contributed by atoms with van der Waals surface area (Å²) in [6, 6.07) is 27.3. The van der Waals surface area contributed by atoms with E-state index in [1.165, 1.54) is 23.3 Å². The fraction of sp³-hybridized carbons (Fsp3) is 0.240. The summed E-state index contributed by atoms with van der Waals surface area (Å²) in [7, 11) is -3.35. The zero-order valence-corrected chi connectivity index (χ0v) is 18.3. The van der Waals surface area contributed by atoms with Gasteiger partial charge in [0.1, 0.15) is 0 Å². The number of amides is 1. The average Bonchev–Trinajstić information content (AvgIpc) is 2.80. The number of piperazine rings is 1. The Morgan fingerprint density at radius 2 is 1.32 bits per heavy atom. The summed E-state index contributed by atoms with van der Waals surface area (Å²) in [5.41, 5.74) is 2.88. The van der Waals surface area contributed by atoms with E-state index in [4.69, 9.17) is 0 Å². The van der Waals surface area contributed by atoms with Gasteiger partial charge in [-0.05, 0) is 29.3 Å². The molecule has 0 radical (unpaired) electrons. The van der Waals surface area contributed by atoms with Crippen LogP contribution in [0.4, 0.5) is 0 Å². The maximum absolute atomic E-state index is 13.0. The second-order valence-electron chi connectivity index (χ2n) is 7.85. The van der Waals surface area contributed by atoms with Crippen LogP contribution in [0.1, 0.15) is 27.5 Å². The summed E-state index contributed by atoms with van der Waals surface area (Å²) < 4.78 is 23.7. The van der Waals surface area contributed by atoms with Crippen molar-refractivity contribution in [2.45, 2.75) is 10.9 Å². The van der Waals surface area contributed by atoms with Crippen molar-refractivity contribution in [2.24, 2.45) is 0 Å². The van der Waals surface area contributed by atoms with Crippen molar-refractivity contribution in [1.82, 2.24) is 9.80 Å². The van der Waals surface area contributed by atoms with Gasteiger partial charge >= 0.3 is 0 Å². The van der Waals surface area contributed by atoms with E-state index in [0.717, 1.165) is 19.3 Å². The monoisotopic (exact) mass is 434 g/mol. The number of nitrogens with zero attached hydrogens (tertiary/aromatic N) is 2. The average molecular weight is 435 g/mol. The second-order valence-corrected chi connectivity index (χ2v) is 9.87. The molecule has 0 aromatic heterocycles. The Bertz CT molecular complexity index is 1100. The SMILES string of the molecule is CS(=O)(=O)c1cccc(C(=O)N2CCN(C(c3ccccc3)c3ccccc3)CC2)c1. The maximum atomic E-state index is 13.0. The lowest BCUT2D eigenvalue weighted by Gasteiger charge is -2.39. The van der Waals surface area contributed by atoms with Gasteiger partial charge in [0, 0.05) is 38.0 Å². The van der Waals surface area contributed by atoms with Crippen LogP contribution in [-0.2, 0) is 9.84 Å². The first kappa shape index (κ1) is 21.3. The summed E-state index contributed by atoms with van der Waals surface area (Å²) in [5.74, 6) is -0.124. The Hall–Kier alpha value is -2.96. The Morgan fingerprint density at radius 3 is 1.84 bits per heavy atom. The number of hydrogen-bond acceptors (Lipinski definition) is 4. The van der Waals surface area contributed by atoms with Crippen molar-refractivity contribution in [3.63, 3.8) is 0 Å². The number of carbonyl (C=O) groups excluding carboxylic acids is 1. The van der Waals surface area contributed by atoms with Crippen LogP contribution in [-0.4, -0.2) is 56.6 Å². The molecule has 1 fully saturated rings. The molecule has 0 spiro atoms. The molecule has 160 valence electrons. The lowest BCUT2D eigenvalue weighted by molar-refractivity contribution is 0.0597. The van der Waals surface area contributed by atoms with E-state index >= 15 is 0 Å². The van der Waals surface area contributed by atoms with E-state index in [0.29, 0.717) is 18.7 Å². The van der Waals surface area contributed by atoms with Gasteiger partial charge in [-0.25, -0.2) is 8.42 Å². The molecule has 1 aliphatic rings. The molecule has 3 aromatic rings. The number of hydrogen-bond donors (Lipinski definition) is 0. The molecule has 0 saturated carbocycles. The highest BCUT2D eigenvalue weighted by Gasteiger charge is 2.28. The Kier molecular flexibility index (Phi) is 6.20. The fourth-order valence-corrected chi connectivity index (χ4v) is 4.78. The summed E-state index contributed by atoms with van der Waals surface area (Å²) in [6.45, 7) is 2.67. The number of carbonyl (C=O) groups is 1. The molecule has 1 saturated heterocycles. The largest absolute Gasteiger partial charge is 0.336 e. The van der Waals surface area contributed by atoms with E-state index in [1.54, 1.807) is 12.1 Å². The van der Waals surface area contributed by atoms with Gasteiger partial charge in [-0.2, -0.15) is 0 Å². The van der Waals surface area contributed by atoms with Crippen molar-refractivity contribution in [3.05, 3.63) is 102 Å². The molecule has 1 heterocycles. The Balaban J connectivity index is 1.51. The third-order valence-corrected chi connectivity index (χ3v) is 6.82. The van der Waals surface area contributed by atoms with Gasteiger partial charge in [0.25, 0.3) is 5.91 Å². The number of rotatable bonds is 5. The van der Waals surface area contributed by atoms with Crippen LogP contribution in [0.2, 0.25) is 0 Å². The van der Waals surface area contributed by atoms with Gasteiger partial charge in [-0.1, -0.05) is 66.7 Å². The third kappa shape index (κ3) is 4.86. The van der Waals surface area contributed by atoms with E-state index in [1.807, 2.05) is 17.0 Å². The Morgan fingerprint density at radius 1 is 0.774 bits per heavy atom. The highest BCUT2D eigenvalue weighted by atomic mass is 32.2. The minimum atomic E-state index is -3.35. The van der Waals surface area contributed by atoms with Gasteiger partial charge < -0.3 is 4.90 Å². The molecule has 6 heteroatoms. The van der Waals surface area contributed by atoms with Crippen LogP contribution in [0, 0.1) is 0 Å². The molecular formula is C25H26N2O3S. The Labute approximate surface area is 183 Å². The molecule has 0 N–H and O–H groups in total. The fourth-order valence-electron chi connectivity index (χ4n) is 4.11. The van der Waals surface area contributed by atoms with Gasteiger partial charge in [-0.3, -0.25) is 9.69 Å². The van der Waals surface area contributed by atoms with Crippen LogP contribution in [0.15, 0.2) is 89.8 Å². The molecule has 1 aliphatic heterocycles. The van der Waals surface area contributed by atoms with Crippen LogP contribution in [0.25, 0.3) is 0 Å². The van der Waals surface area contributed by atoms with E-state index < -0.39 is 9.84 Å². The normalized spacial score (nSPS) is 15.2. The first-order valence-corrected chi connectivity index (χ1v) is 12.3. The smallest absolute Gasteiger partial charge is 0.253 e. The lowest BCUT2D eigenvalue weighted by Crippen LogP contribution is -2.49. The first-order chi connectivity index (χ1) is 14.9. The van der Waals surface area contributed by atoms with Gasteiger partial charge in [0.15, 0.2) is 9.84 Å². The molecule has 0 aliphatic carbocycles. The van der Waals surface area contributed by atoms with Crippen molar-refractivity contribution in [3.8, 4) is 0 Å². The number of sulfone groups is 1. The summed E-state index contributed by atoms with van der Waals surface area (Å²) in [4.78, 5) is 17.4. The lowest BCUT2D eigenvalue weighted by atomic mass is 9.96. The zero-order valence-electron chi connectivity index (χ0n) is 17.5. The molecule has 0 bridgehead atoms. The molecule has 4 rings (SSSR count). The van der Waals surface area contributed by atoms with E-state index in [9.17, 15) is 13.2 Å². The number of benzene rings is 3. The molecular weight excluding hydrogens is 408 g/mol. The van der Waals surface area contributed by atoms with Crippen molar-refractivity contribution in [2.75, 3.05) is 32.4 Å². The highest BCUT2D eigenvalue weighted by molar-refractivity contribution is 7.90. The standard InChI is InChI=1S/C25H26N2O3S/c1-31(29,30)23-14-8-13-22(19-23)25(28)27-17-15-26(16-18-27)24(20-9-4-2-5-10-20)21-11-6-3-7-12-21/h2-14,19,24H,15-18H2,1H3. The van der Waals surface area contributed by atoms with Crippen LogP contribution in [0.3, 0.4) is 0 Å². The van der Waals surface area contributed by atoms with Crippen LogP contribution < -0.4 is 0 Å². The highest BCUT2D eigenvalue weighted by Crippen LogP contribution is 2.29. The van der Waals surface area contributed by atoms with Gasteiger partial charge in [0.2, 0.25) is 0 Å². The maximum Gasteiger partial charge on any atom is 0.253 e. The van der Waals surface area contributed by atoms with Gasteiger partial charge in [0.05, 0.1) is 10.9 Å². The van der Waals surface area contributed by atoms with E-state index in [-0.39, 0.29) is 16.8 Å². The molecule has 0 unspecified atom stereocenters. The van der Waals surface area contributed by atoms with Crippen LogP contribution in [0.5, 0.6) is 0 Å². The minimum absolute atomic E-state index is 0.124. The van der Waals surface area contributed by atoms with E-state index in [2.05, 4.69) is 53.4 Å². The summed E-state index contributed by atoms with van der Waals surface area (Å²) in [5, 5.41) is 0. The van der Waals surface area contributed by atoms with Gasteiger partial charge in [-0.15, -0.1) is 0 Å².